The Hall–Kier alpha value is -3.87. The Morgan fingerprint density at radius 1 is 1.00 bits per heavy atom. The molecule has 1 atom stereocenters. The third-order valence-corrected chi connectivity index (χ3v) is 5.44. The molecule has 0 radical (unpaired) electrons. The zero-order valence-corrected chi connectivity index (χ0v) is 17.2. The summed E-state index contributed by atoms with van der Waals surface area (Å²) in [7, 11) is 0. The van der Waals surface area contributed by atoms with Crippen LogP contribution in [0.1, 0.15) is 27.9 Å². The predicted molar refractivity (Wildman–Crippen MR) is 116 cm³/mol. The first kappa shape index (κ1) is 20.1. The van der Waals surface area contributed by atoms with Gasteiger partial charge in [0, 0.05) is 24.1 Å². The first-order chi connectivity index (χ1) is 15.7. The third kappa shape index (κ3) is 4.27. The van der Waals surface area contributed by atoms with Gasteiger partial charge in [-0.1, -0.05) is 41.6 Å². The van der Waals surface area contributed by atoms with E-state index in [9.17, 15) is 9.18 Å². The van der Waals surface area contributed by atoms with E-state index in [0.717, 1.165) is 16.8 Å². The molecule has 0 spiro atoms. The second-order valence-corrected chi connectivity index (χ2v) is 7.72. The average molecular weight is 432 g/mol. The molecule has 0 bridgehead atoms. The molecule has 32 heavy (non-hydrogen) atoms. The highest BCUT2D eigenvalue weighted by molar-refractivity contribution is 6.02. The van der Waals surface area contributed by atoms with Crippen molar-refractivity contribution in [1.82, 2.24) is 4.90 Å². The zero-order valence-electron chi connectivity index (χ0n) is 17.2. The summed E-state index contributed by atoms with van der Waals surface area (Å²) in [6.45, 7) is 0.915. The van der Waals surface area contributed by atoms with E-state index in [1.54, 1.807) is 11.0 Å². The SMILES string of the molecule is O=C(c1cccc(F)c1)N(Cc1ccccc1)CC1CC(c2ccc3c(c2)OCO3)=NO1. The van der Waals surface area contributed by atoms with Gasteiger partial charge >= 0.3 is 0 Å². The number of oxime groups is 1. The van der Waals surface area contributed by atoms with Crippen LogP contribution in [0.25, 0.3) is 0 Å². The monoisotopic (exact) mass is 432 g/mol. The van der Waals surface area contributed by atoms with Crippen molar-refractivity contribution in [1.29, 1.82) is 0 Å². The van der Waals surface area contributed by atoms with Gasteiger partial charge in [-0.05, 0) is 42.0 Å². The lowest BCUT2D eigenvalue weighted by molar-refractivity contribution is 0.0405. The molecule has 1 amide bonds. The molecule has 0 fully saturated rings. The maximum Gasteiger partial charge on any atom is 0.254 e. The van der Waals surface area contributed by atoms with E-state index < -0.39 is 5.82 Å². The van der Waals surface area contributed by atoms with E-state index in [-0.39, 0.29) is 18.8 Å². The molecule has 2 heterocycles. The molecular weight excluding hydrogens is 411 g/mol. The molecule has 0 saturated heterocycles. The van der Waals surface area contributed by atoms with Crippen molar-refractivity contribution >= 4 is 11.6 Å². The summed E-state index contributed by atoms with van der Waals surface area (Å²) in [4.78, 5) is 20.5. The Morgan fingerprint density at radius 2 is 1.84 bits per heavy atom. The van der Waals surface area contributed by atoms with Crippen molar-refractivity contribution in [3.8, 4) is 11.5 Å². The number of fused-ring (bicyclic) bond motifs is 1. The number of hydrogen-bond donors (Lipinski definition) is 0. The highest BCUT2D eigenvalue weighted by Crippen LogP contribution is 2.33. The molecule has 3 aromatic carbocycles. The summed E-state index contributed by atoms with van der Waals surface area (Å²) >= 11 is 0. The summed E-state index contributed by atoms with van der Waals surface area (Å²) in [5.74, 6) is 0.690. The zero-order chi connectivity index (χ0) is 21.9. The molecule has 7 heteroatoms. The standard InChI is InChI=1S/C25H21FN2O4/c26-20-8-4-7-19(11-20)25(29)28(14-17-5-2-1-3-6-17)15-21-13-22(27-32-21)18-9-10-23-24(12-18)31-16-30-23/h1-12,21H,13-16H2. The fourth-order valence-electron chi connectivity index (χ4n) is 3.85. The van der Waals surface area contributed by atoms with Crippen LogP contribution in [-0.4, -0.2) is 36.0 Å². The first-order valence-corrected chi connectivity index (χ1v) is 10.4. The molecule has 0 saturated carbocycles. The molecule has 1 unspecified atom stereocenters. The molecule has 2 aliphatic rings. The second kappa shape index (κ2) is 8.70. The normalized spacial score (nSPS) is 16.4. The van der Waals surface area contributed by atoms with Gasteiger partial charge < -0.3 is 19.2 Å². The molecular formula is C25H21FN2O4. The molecule has 2 aliphatic heterocycles. The Morgan fingerprint density at radius 3 is 2.69 bits per heavy atom. The van der Waals surface area contributed by atoms with Crippen molar-refractivity contribution in [2.75, 3.05) is 13.3 Å². The van der Waals surface area contributed by atoms with E-state index in [0.29, 0.717) is 36.6 Å². The van der Waals surface area contributed by atoms with Crippen LogP contribution in [0, 0.1) is 5.82 Å². The third-order valence-electron chi connectivity index (χ3n) is 5.44. The van der Waals surface area contributed by atoms with Gasteiger partial charge in [-0.25, -0.2) is 4.39 Å². The Bertz CT molecular complexity index is 1170. The number of hydrogen-bond acceptors (Lipinski definition) is 5. The van der Waals surface area contributed by atoms with Gasteiger partial charge in [-0.3, -0.25) is 4.79 Å². The summed E-state index contributed by atoms with van der Waals surface area (Å²) in [5, 5.41) is 4.24. The van der Waals surface area contributed by atoms with Gasteiger partial charge in [0.15, 0.2) is 17.6 Å². The minimum absolute atomic E-state index is 0.209. The van der Waals surface area contributed by atoms with Crippen LogP contribution in [0.15, 0.2) is 78.0 Å². The highest BCUT2D eigenvalue weighted by Gasteiger charge is 2.28. The lowest BCUT2D eigenvalue weighted by Gasteiger charge is -2.25. The number of amides is 1. The molecule has 0 N–H and O–H groups in total. The van der Waals surface area contributed by atoms with Crippen molar-refractivity contribution in [2.24, 2.45) is 5.16 Å². The average Bonchev–Trinajstić information content (AvgIpc) is 3.48. The molecule has 6 nitrogen and oxygen atoms in total. The van der Waals surface area contributed by atoms with Crippen LogP contribution in [0.3, 0.4) is 0 Å². The van der Waals surface area contributed by atoms with E-state index in [2.05, 4.69) is 5.16 Å². The van der Waals surface area contributed by atoms with Gasteiger partial charge in [-0.2, -0.15) is 0 Å². The van der Waals surface area contributed by atoms with Gasteiger partial charge in [0.2, 0.25) is 6.79 Å². The van der Waals surface area contributed by atoms with Crippen LogP contribution >= 0.6 is 0 Å². The number of ether oxygens (including phenoxy) is 2. The van der Waals surface area contributed by atoms with Gasteiger partial charge in [0.25, 0.3) is 5.91 Å². The molecule has 0 aliphatic carbocycles. The Kier molecular flexibility index (Phi) is 5.46. The quantitative estimate of drug-likeness (QED) is 0.580. The summed E-state index contributed by atoms with van der Waals surface area (Å²) in [6, 6.07) is 21.1. The van der Waals surface area contributed by atoms with Gasteiger partial charge in [0.1, 0.15) is 5.82 Å². The minimum atomic E-state index is -0.443. The number of carbonyl (C=O) groups is 1. The summed E-state index contributed by atoms with van der Waals surface area (Å²) < 4.78 is 24.5. The Balaban J connectivity index is 1.32. The summed E-state index contributed by atoms with van der Waals surface area (Å²) in [6.07, 6.45) is 0.234. The molecule has 5 rings (SSSR count). The topological polar surface area (TPSA) is 60.4 Å². The largest absolute Gasteiger partial charge is 0.454 e. The van der Waals surface area contributed by atoms with Crippen LogP contribution in [0.4, 0.5) is 4.39 Å². The molecule has 0 aromatic heterocycles. The first-order valence-electron chi connectivity index (χ1n) is 10.4. The van der Waals surface area contributed by atoms with Crippen LogP contribution in [-0.2, 0) is 11.4 Å². The van der Waals surface area contributed by atoms with Gasteiger partial charge in [-0.15, -0.1) is 0 Å². The van der Waals surface area contributed by atoms with E-state index in [1.807, 2.05) is 48.5 Å². The van der Waals surface area contributed by atoms with E-state index in [4.69, 9.17) is 14.3 Å². The van der Waals surface area contributed by atoms with Gasteiger partial charge in [0.05, 0.1) is 12.3 Å². The van der Waals surface area contributed by atoms with Crippen molar-refractivity contribution in [2.45, 2.75) is 19.1 Å². The predicted octanol–water partition coefficient (Wildman–Crippen LogP) is 4.39. The fourth-order valence-corrected chi connectivity index (χ4v) is 3.85. The van der Waals surface area contributed by atoms with Crippen LogP contribution < -0.4 is 9.47 Å². The number of rotatable bonds is 6. The number of halogens is 1. The maximum atomic E-state index is 13.7. The minimum Gasteiger partial charge on any atom is -0.454 e. The van der Waals surface area contributed by atoms with Crippen molar-refractivity contribution in [3.05, 3.63) is 95.3 Å². The smallest absolute Gasteiger partial charge is 0.254 e. The van der Waals surface area contributed by atoms with Crippen molar-refractivity contribution in [3.63, 3.8) is 0 Å². The second-order valence-electron chi connectivity index (χ2n) is 7.72. The highest BCUT2D eigenvalue weighted by atomic mass is 19.1. The molecule has 3 aromatic rings. The lowest BCUT2D eigenvalue weighted by Crippen LogP contribution is -2.37. The van der Waals surface area contributed by atoms with Crippen molar-refractivity contribution < 1.29 is 23.5 Å². The maximum absolute atomic E-state index is 13.7. The van der Waals surface area contributed by atoms with E-state index >= 15 is 0 Å². The Labute approximate surface area is 184 Å². The van der Waals surface area contributed by atoms with E-state index in [1.165, 1.54) is 18.2 Å². The number of carbonyl (C=O) groups excluding carboxylic acids is 1. The molecule has 162 valence electrons. The lowest BCUT2D eigenvalue weighted by atomic mass is 10.0. The number of nitrogens with zero attached hydrogens (tertiary/aromatic N) is 2. The number of benzene rings is 3. The summed E-state index contributed by atoms with van der Waals surface area (Å²) in [5.41, 5.74) is 2.96. The van der Waals surface area contributed by atoms with Crippen LogP contribution in [0.5, 0.6) is 11.5 Å². The van der Waals surface area contributed by atoms with Crippen LogP contribution in [0.2, 0.25) is 0 Å². The fraction of sp³-hybridized carbons (Fsp3) is 0.200.